The third-order valence-electron chi connectivity index (χ3n) is 3.79. The summed E-state index contributed by atoms with van der Waals surface area (Å²) in [5, 5.41) is 0. The predicted octanol–water partition coefficient (Wildman–Crippen LogP) is 2.98. The smallest absolute Gasteiger partial charge is 0.339 e. The Kier molecular flexibility index (Phi) is 8.14. The highest BCUT2D eigenvalue weighted by Crippen LogP contribution is 2.24. The Bertz CT molecular complexity index is 1020. The normalized spacial score (nSPS) is 10.8. The molecule has 0 spiro atoms. The number of ether oxygens (including phenoxy) is 3. The van der Waals surface area contributed by atoms with Crippen molar-refractivity contribution in [2.75, 3.05) is 19.8 Å². The fourth-order valence-electron chi connectivity index (χ4n) is 2.46. The maximum Gasteiger partial charge on any atom is 0.339 e. The summed E-state index contributed by atoms with van der Waals surface area (Å²) >= 11 is 0. The molecular formula is C21H22O9S. The zero-order valence-electron chi connectivity index (χ0n) is 17.2. The lowest BCUT2D eigenvalue weighted by atomic mass is 10.1. The molecule has 0 aliphatic heterocycles. The second-order valence-electron chi connectivity index (χ2n) is 5.97. The number of esters is 3. The van der Waals surface area contributed by atoms with Gasteiger partial charge in [-0.2, -0.15) is 8.42 Å². The first kappa shape index (κ1) is 23.9. The van der Waals surface area contributed by atoms with Crippen LogP contribution in [0.2, 0.25) is 0 Å². The molecule has 10 heteroatoms. The standard InChI is InChI=1S/C21H22O9S/c1-4-27-19(22)14-7-9-18(10-8-14)31(25,26)30-17-12-15(20(23)28-5-2)11-16(13-17)21(24)29-6-3/h7-13H,4-6H2,1-3H3. The molecule has 0 amide bonds. The van der Waals surface area contributed by atoms with Gasteiger partial charge in [0, 0.05) is 0 Å². The third kappa shape index (κ3) is 6.29. The molecule has 0 aliphatic carbocycles. The van der Waals surface area contributed by atoms with Crippen molar-refractivity contribution < 1.29 is 41.2 Å². The summed E-state index contributed by atoms with van der Waals surface area (Å²) in [6.45, 7) is 5.22. The monoisotopic (exact) mass is 450 g/mol. The van der Waals surface area contributed by atoms with Crippen LogP contribution in [0.4, 0.5) is 0 Å². The van der Waals surface area contributed by atoms with Gasteiger partial charge in [0.1, 0.15) is 10.6 Å². The quantitative estimate of drug-likeness (QED) is 0.322. The molecule has 2 aromatic carbocycles. The zero-order chi connectivity index (χ0) is 23.0. The molecule has 0 N–H and O–H groups in total. The van der Waals surface area contributed by atoms with Gasteiger partial charge >= 0.3 is 28.0 Å². The van der Waals surface area contributed by atoms with E-state index in [-0.39, 0.29) is 47.2 Å². The largest absolute Gasteiger partial charge is 0.462 e. The molecule has 0 aliphatic rings. The molecule has 0 unspecified atom stereocenters. The van der Waals surface area contributed by atoms with Gasteiger partial charge in [-0.25, -0.2) is 14.4 Å². The first-order valence-electron chi connectivity index (χ1n) is 9.42. The molecule has 31 heavy (non-hydrogen) atoms. The molecule has 0 bridgehead atoms. The fourth-order valence-corrected chi connectivity index (χ4v) is 3.37. The van der Waals surface area contributed by atoms with E-state index >= 15 is 0 Å². The fraction of sp³-hybridized carbons (Fsp3) is 0.286. The molecule has 0 aromatic heterocycles. The zero-order valence-corrected chi connectivity index (χ0v) is 18.1. The van der Waals surface area contributed by atoms with Gasteiger partial charge in [-0.3, -0.25) is 0 Å². The second kappa shape index (κ2) is 10.6. The lowest BCUT2D eigenvalue weighted by Gasteiger charge is -2.11. The van der Waals surface area contributed by atoms with Gasteiger partial charge in [0.2, 0.25) is 0 Å². The summed E-state index contributed by atoms with van der Waals surface area (Å²) in [5.74, 6) is -2.37. The van der Waals surface area contributed by atoms with Crippen molar-refractivity contribution in [2.45, 2.75) is 25.7 Å². The number of benzene rings is 2. The molecule has 0 saturated heterocycles. The average Bonchev–Trinajstić information content (AvgIpc) is 2.74. The maximum atomic E-state index is 12.7. The molecule has 0 saturated carbocycles. The molecule has 9 nitrogen and oxygen atoms in total. The van der Waals surface area contributed by atoms with E-state index in [2.05, 4.69) is 0 Å². The third-order valence-corrected chi connectivity index (χ3v) is 5.05. The van der Waals surface area contributed by atoms with Crippen LogP contribution in [0.3, 0.4) is 0 Å². The first-order valence-corrected chi connectivity index (χ1v) is 10.8. The highest BCUT2D eigenvalue weighted by molar-refractivity contribution is 7.87. The Labute approximate surface area is 180 Å². The van der Waals surface area contributed by atoms with Gasteiger partial charge in [0.05, 0.1) is 36.5 Å². The van der Waals surface area contributed by atoms with Crippen molar-refractivity contribution in [2.24, 2.45) is 0 Å². The van der Waals surface area contributed by atoms with Crippen LogP contribution in [0.25, 0.3) is 0 Å². The number of rotatable bonds is 9. The Morgan fingerprint density at radius 3 is 1.52 bits per heavy atom. The summed E-state index contributed by atoms with van der Waals surface area (Å²) < 4.78 is 45.1. The van der Waals surface area contributed by atoms with E-state index in [1.807, 2.05) is 0 Å². The Hall–Kier alpha value is -3.40. The maximum absolute atomic E-state index is 12.7. The van der Waals surface area contributed by atoms with Gasteiger partial charge < -0.3 is 18.4 Å². The molecular weight excluding hydrogens is 428 g/mol. The molecule has 0 radical (unpaired) electrons. The topological polar surface area (TPSA) is 122 Å². The van der Waals surface area contributed by atoms with Gasteiger partial charge in [-0.05, 0) is 63.2 Å². The number of carbonyl (C=O) groups excluding carboxylic acids is 3. The summed E-state index contributed by atoms with van der Waals surface area (Å²) in [6.07, 6.45) is 0. The number of hydrogen-bond acceptors (Lipinski definition) is 9. The Morgan fingerprint density at radius 2 is 1.10 bits per heavy atom. The van der Waals surface area contributed by atoms with Crippen molar-refractivity contribution in [3.05, 3.63) is 59.2 Å². The van der Waals surface area contributed by atoms with E-state index in [0.717, 1.165) is 12.1 Å². The Balaban J connectivity index is 2.37. The lowest BCUT2D eigenvalue weighted by molar-refractivity contribution is 0.0512. The van der Waals surface area contributed by atoms with Gasteiger partial charge in [-0.15, -0.1) is 0 Å². The first-order chi connectivity index (χ1) is 14.7. The van der Waals surface area contributed by atoms with E-state index in [1.165, 1.54) is 30.3 Å². The molecule has 0 heterocycles. The lowest BCUT2D eigenvalue weighted by Crippen LogP contribution is -2.13. The van der Waals surface area contributed by atoms with Gasteiger partial charge in [0.15, 0.2) is 0 Å². The van der Waals surface area contributed by atoms with Crippen molar-refractivity contribution in [1.29, 1.82) is 0 Å². The van der Waals surface area contributed by atoms with E-state index in [1.54, 1.807) is 20.8 Å². The highest BCUT2D eigenvalue weighted by Gasteiger charge is 2.21. The molecule has 0 fully saturated rings. The summed E-state index contributed by atoms with van der Waals surface area (Å²) in [6, 6.07) is 8.45. The van der Waals surface area contributed by atoms with Crippen LogP contribution in [0, 0.1) is 0 Å². The van der Waals surface area contributed by atoms with Crippen LogP contribution in [0.5, 0.6) is 5.75 Å². The van der Waals surface area contributed by atoms with Gasteiger partial charge in [0.25, 0.3) is 0 Å². The van der Waals surface area contributed by atoms with E-state index in [0.29, 0.717) is 0 Å². The van der Waals surface area contributed by atoms with Gasteiger partial charge in [-0.1, -0.05) is 0 Å². The molecule has 0 atom stereocenters. The van der Waals surface area contributed by atoms with Crippen LogP contribution in [0.15, 0.2) is 47.4 Å². The molecule has 2 rings (SSSR count). The summed E-state index contributed by atoms with van der Waals surface area (Å²) in [4.78, 5) is 35.7. The van der Waals surface area contributed by atoms with Crippen LogP contribution in [-0.2, 0) is 24.3 Å². The Morgan fingerprint density at radius 1 is 0.677 bits per heavy atom. The minimum atomic E-state index is -4.33. The van der Waals surface area contributed by atoms with Crippen LogP contribution >= 0.6 is 0 Å². The average molecular weight is 450 g/mol. The predicted molar refractivity (Wildman–Crippen MR) is 109 cm³/mol. The van der Waals surface area contributed by atoms with Crippen LogP contribution in [0.1, 0.15) is 51.8 Å². The van der Waals surface area contributed by atoms with Crippen LogP contribution in [-0.4, -0.2) is 46.1 Å². The highest BCUT2D eigenvalue weighted by atomic mass is 32.2. The van der Waals surface area contributed by atoms with Crippen LogP contribution < -0.4 is 4.18 Å². The van der Waals surface area contributed by atoms with Crippen molar-refractivity contribution in [3.8, 4) is 5.75 Å². The minimum Gasteiger partial charge on any atom is -0.462 e. The van der Waals surface area contributed by atoms with E-state index in [4.69, 9.17) is 18.4 Å². The number of hydrogen-bond donors (Lipinski definition) is 0. The molecule has 166 valence electrons. The minimum absolute atomic E-state index is 0.0738. The molecule has 2 aromatic rings. The number of carbonyl (C=O) groups is 3. The van der Waals surface area contributed by atoms with Crippen molar-refractivity contribution >= 4 is 28.0 Å². The summed E-state index contributed by atoms with van der Waals surface area (Å²) in [5.41, 5.74) is 0.0280. The second-order valence-corrected chi connectivity index (χ2v) is 7.52. The van der Waals surface area contributed by atoms with Crippen molar-refractivity contribution in [3.63, 3.8) is 0 Å². The summed E-state index contributed by atoms with van der Waals surface area (Å²) in [7, 11) is -4.33. The van der Waals surface area contributed by atoms with Crippen molar-refractivity contribution in [1.82, 2.24) is 0 Å². The SMILES string of the molecule is CCOC(=O)c1ccc(S(=O)(=O)Oc2cc(C(=O)OCC)cc(C(=O)OCC)c2)cc1. The van der Waals surface area contributed by atoms with E-state index < -0.39 is 28.0 Å². The van der Waals surface area contributed by atoms with E-state index in [9.17, 15) is 22.8 Å².